The molecule has 20 heavy (non-hydrogen) atoms. The van der Waals surface area contributed by atoms with E-state index in [1.54, 1.807) is 0 Å². The molecule has 1 heterocycles. The Hall–Kier alpha value is -1.55. The fourth-order valence-electron chi connectivity index (χ4n) is 2.87. The van der Waals surface area contributed by atoms with E-state index in [0.717, 1.165) is 37.4 Å². The summed E-state index contributed by atoms with van der Waals surface area (Å²) in [6, 6.07) is 7.75. The molecule has 0 aliphatic carbocycles. The molecule has 1 aromatic rings. The van der Waals surface area contributed by atoms with Gasteiger partial charge in [0, 0.05) is 32.4 Å². The third-order valence-corrected chi connectivity index (χ3v) is 3.89. The number of para-hydroxylation sites is 1. The van der Waals surface area contributed by atoms with Crippen molar-refractivity contribution in [1.82, 2.24) is 9.80 Å². The second-order valence-electron chi connectivity index (χ2n) is 5.68. The topological polar surface area (TPSA) is 35.6 Å². The summed E-state index contributed by atoms with van der Waals surface area (Å²) in [5, 5.41) is 3.26. The van der Waals surface area contributed by atoms with E-state index in [0.29, 0.717) is 5.92 Å². The number of hydrogen-bond donors (Lipinski definition) is 1. The standard InChI is InChI=1S/C16H25N3O/c1-4-17-15-8-6-5-7-14(15)16(20)19(3)12-13-9-10-18(2)11-13/h5-8,13,17H,4,9-12H2,1-3H3. The Kier molecular flexibility index (Phi) is 5.01. The van der Waals surface area contributed by atoms with Gasteiger partial charge in [-0.1, -0.05) is 12.1 Å². The monoisotopic (exact) mass is 275 g/mol. The molecular formula is C16H25N3O. The molecule has 110 valence electrons. The number of amides is 1. The van der Waals surface area contributed by atoms with Gasteiger partial charge in [-0.2, -0.15) is 0 Å². The van der Waals surface area contributed by atoms with Crippen LogP contribution in [0.25, 0.3) is 0 Å². The first-order valence-corrected chi connectivity index (χ1v) is 7.38. The molecule has 1 aromatic carbocycles. The first-order chi connectivity index (χ1) is 9.61. The van der Waals surface area contributed by atoms with Crippen LogP contribution in [0.5, 0.6) is 0 Å². The fourth-order valence-corrected chi connectivity index (χ4v) is 2.87. The zero-order chi connectivity index (χ0) is 14.5. The molecule has 1 amide bonds. The summed E-state index contributed by atoms with van der Waals surface area (Å²) in [5.41, 5.74) is 1.69. The van der Waals surface area contributed by atoms with Crippen LogP contribution < -0.4 is 5.32 Å². The predicted octanol–water partition coefficient (Wildman–Crippen LogP) is 2.14. The van der Waals surface area contributed by atoms with Crippen LogP contribution in [0.3, 0.4) is 0 Å². The smallest absolute Gasteiger partial charge is 0.255 e. The van der Waals surface area contributed by atoms with E-state index in [9.17, 15) is 4.79 Å². The maximum absolute atomic E-state index is 12.6. The van der Waals surface area contributed by atoms with Crippen LogP contribution in [0.1, 0.15) is 23.7 Å². The van der Waals surface area contributed by atoms with Crippen molar-refractivity contribution >= 4 is 11.6 Å². The Labute approximate surface area is 121 Å². The molecule has 1 unspecified atom stereocenters. The highest BCUT2D eigenvalue weighted by atomic mass is 16.2. The molecule has 1 N–H and O–H groups in total. The average Bonchev–Trinajstić information content (AvgIpc) is 2.84. The van der Waals surface area contributed by atoms with E-state index < -0.39 is 0 Å². The van der Waals surface area contributed by atoms with Gasteiger partial charge in [-0.3, -0.25) is 4.79 Å². The molecular weight excluding hydrogens is 250 g/mol. The van der Waals surface area contributed by atoms with Crippen LogP contribution >= 0.6 is 0 Å². The number of anilines is 1. The molecule has 1 saturated heterocycles. The Bertz CT molecular complexity index is 461. The fraction of sp³-hybridized carbons (Fsp3) is 0.562. The van der Waals surface area contributed by atoms with Crippen LogP contribution in [0, 0.1) is 5.92 Å². The van der Waals surface area contributed by atoms with E-state index >= 15 is 0 Å². The van der Waals surface area contributed by atoms with E-state index in [-0.39, 0.29) is 5.91 Å². The van der Waals surface area contributed by atoms with Gasteiger partial charge in [-0.25, -0.2) is 0 Å². The van der Waals surface area contributed by atoms with Crippen molar-refractivity contribution in [1.29, 1.82) is 0 Å². The van der Waals surface area contributed by atoms with Gasteiger partial charge in [0.25, 0.3) is 5.91 Å². The largest absolute Gasteiger partial charge is 0.385 e. The molecule has 0 spiro atoms. The Morgan fingerprint density at radius 2 is 2.20 bits per heavy atom. The minimum atomic E-state index is 0.108. The second kappa shape index (κ2) is 6.75. The van der Waals surface area contributed by atoms with Gasteiger partial charge in [-0.15, -0.1) is 0 Å². The van der Waals surface area contributed by atoms with E-state index in [1.807, 2.05) is 43.1 Å². The molecule has 0 aromatic heterocycles. The van der Waals surface area contributed by atoms with Crippen molar-refractivity contribution < 1.29 is 4.79 Å². The lowest BCUT2D eigenvalue weighted by Crippen LogP contribution is -2.33. The number of carbonyl (C=O) groups is 1. The molecule has 0 radical (unpaired) electrons. The zero-order valence-electron chi connectivity index (χ0n) is 12.7. The molecule has 0 bridgehead atoms. The normalized spacial score (nSPS) is 19.1. The quantitative estimate of drug-likeness (QED) is 0.894. The van der Waals surface area contributed by atoms with Crippen molar-refractivity contribution in [2.45, 2.75) is 13.3 Å². The summed E-state index contributed by atoms with van der Waals surface area (Å²) in [4.78, 5) is 16.8. The van der Waals surface area contributed by atoms with Gasteiger partial charge in [0.05, 0.1) is 5.56 Å². The number of benzene rings is 1. The van der Waals surface area contributed by atoms with Gasteiger partial charge in [0.2, 0.25) is 0 Å². The minimum Gasteiger partial charge on any atom is -0.385 e. The molecule has 1 fully saturated rings. The third-order valence-electron chi connectivity index (χ3n) is 3.89. The molecule has 1 atom stereocenters. The summed E-state index contributed by atoms with van der Waals surface area (Å²) in [6.45, 7) is 5.93. The second-order valence-corrected chi connectivity index (χ2v) is 5.68. The Balaban J connectivity index is 2.03. The lowest BCUT2D eigenvalue weighted by atomic mass is 10.1. The first kappa shape index (κ1) is 14.9. The average molecular weight is 275 g/mol. The number of nitrogens with one attached hydrogen (secondary N) is 1. The van der Waals surface area contributed by atoms with E-state index in [4.69, 9.17) is 0 Å². The van der Waals surface area contributed by atoms with Crippen molar-refractivity contribution in [3.05, 3.63) is 29.8 Å². The van der Waals surface area contributed by atoms with Crippen LogP contribution in [0.2, 0.25) is 0 Å². The highest BCUT2D eigenvalue weighted by Crippen LogP contribution is 2.19. The molecule has 4 nitrogen and oxygen atoms in total. The Morgan fingerprint density at radius 3 is 2.85 bits per heavy atom. The van der Waals surface area contributed by atoms with E-state index in [2.05, 4.69) is 17.3 Å². The summed E-state index contributed by atoms with van der Waals surface area (Å²) in [7, 11) is 4.05. The lowest BCUT2D eigenvalue weighted by molar-refractivity contribution is 0.0775. The van der Waals surface area contributed by atoms with Crippen molar-refractivity contribution in [3.8, 4) is 0 Å². The summed E-state index contributed by atoms with van der Waals surface area (Å²) < 4.78 is 0. The van der Waals surface area contributed by atoms with Crippen LogP contribution in [0.15, 0.2) is 24.3 Å². The number of nitrogens with zero attached hydrogens (tertiary/aromatic N) is 2. The minimum absolute atomic E-state index is 0.108. The van der Waals surface area contributed by atoms with E-state index in [1.165, 1.54) is 6.42 Å². The summed E-state index contributed by atoms with van der Waals surface area (Å²) >= 11 is 0. The van der Waals surface area contributed by atoms with Crippen LogP contribution in [-0.2, 0) is 0 Å². The molecule has 0 saturated carbocycles. The SMILES string of the molecule is CCNc1ccccc1C(=O)N(C)CC1CCN(C)C1. The molecule has 1 aliphatic heterocycles. The van der Waals surface area contributed by atoms with Crippen molar-refractivity contribution in [2.24, 2.45) is 5.92 Å². The maximum atomic E-state index is 12.6. The highest BCUT2D eigenvalue weighted by Gasteiger charge is 2.23. The predicted molar refractivity (Wildman–Crippen MR) is 83.2 cm³/mol. The number of carbonyl (C=O) groups excluding carboxylic acids is 1. The lowest BCUT2D eigenvalue weighted by Gasteiger charge is -2.22. The number of likely N-dealkylation sites (tertiary alicyclic amines) is 1. The van der Waals surface area contributed by atoms with Gasteiger partial charge in [-0.05, 0) is 45.0 Å². The van der Waals surface area contributed by atoms with Crippen LogP contribution in [-0.4, -0.2) is 56.0 Å². The summed E-state index contributed by atoms with van der Waals surface area (Å²) in [5.74, 6) is 0.705. The van der Waals surface area contributed by atoms with Crippen molar-refractivity contribution in [3.63, 3.8) is 0 Å². The van der Waals surface area contributed by atoms with Gasteiger partial charge in [0.15, 0.2) is 0 Å². The highest BCUT2D eigenvalue weighted by molar-refractivity contribution is 5.99. The van der Waals surface area contributed by atoms with Gasteiger partial charge in [0.1, 0.15) is 0 Å². The molecule has 2 rings (SSSR count). The van der Waals surface area contributed by atoms with Gasteiger partial charge >= 0.3 is 0 Å². The van der Waals surface area contributed by atoms with Crippen LogP contribution in [0.4, 0.5) is 5.69 Å². The number of rotatable bonds is 5. The first-order valence-electron chi connectivity index (χ1n) is 7.38. The maximum Gasteiger partial charge on any atom is 0.255 e. The van der Waals surface area contributed by atoms with Crippen molar-refractivity contribution in [2.75, 3.05) is 45.6 Å². The summed E-state index contributed by atoms with van der Waals surface area (Å²) in [6.07, 6.45) is 1.18. The van der Waals surface area contributed by atoms with Gasteiger partial charge < -0.3 is 15.1 Å². The Morgan fingerprint density at radius 1 is 1.45 bits per heavy atom. The number of hydrogen-bond acceptors (Lipinski definition) is 3. The third kappa shape index (κ3) is 3.51. The molecule has 4 heteroatoms. The molecule has 1 aliphatic rings. The zero-order valence-corrected chi connectivity index (χ0v) is 12.7.